The molecule has 0 aromatic heterocycles. The number of thioether (sulfide) groups is 1. The van der Waals surface area contributed by atoms with Crippen molar-refractivity contribution in [1.29, 1.82) is 0 Å². The van der Waals surface area contributed by atoms with E-state index in [4.69, 9.17) is 10.2 Å². The summed E-state index contributed by atoms with van der Waals surface area (Å²) in [5.74, 6) is 0.113. The Kier molecular flexibility index (Phi) is 4.21. The molecule has 0 saturated heterocycles. The van der Waals surface area contributed by atoms with Crippen LogP contribution < -0.4 is 0 Å². The van der Waals surface area contributed by atoms with Gasteiger partial charge in [-0.25, -0.2) is 4.39 Å². The topological polar surface area (TPSA) is 40.5 Å². The third-order valence-electron chi connectivity index (χ3n) is 1.58. The van der Waals surface area contributed by atoms with Crippen molar-refractivity contribution in [3.63, 3.8) is 0 Å². The Bertz CT molecular complexity index is 278. The second-order valence-electron chi connectivity index (χ2n) is 2.45. The Morgan fingerprint density at radius 1 is 1.31 bits per heavy atom. The SMILES string of the molecule is OCCSc1cccc(F)c1CO. The summed E-state index contributed by atoms with van der Waals surface area (Å²) in [6, 6.07) is 4.64. The standard InChI is InChI=1S/C9H11FO2S/c10-8-2-1-3-9(7(8)6-12)13-5-4-11/h1-3,11-12H,4-6H2. The lowest BCUT2D eigenvalue weighted by molar-refractivity contribution is 0.272. The molecule has 1 aromatic carbocycles. The maximum atomic E-state index is 13.0. The highest BCUT2D eigenvalue weighted by Crippen LogP contribution is 2.24. The fourth-order valence-electron chi connectivity index (χ4n) is 0.983. The van der Waals surface area contributed by atoms with Crippen LogP contribution in [0.15, 0.2) is 23.1 Å². The molecule has 0 amide bonds. The first kappa shape index (κ1) is 10.5. The van der Waals surface area contributed by atoms with E-state index in [1.807, 2.05) is 0 Å². The maximum absolute atomic E-state index is 13.0. The van der Waals surface area contributed by atoms with E-state index in [0.29, 0.717) is 16.2 Å². The van der Waals surface area contributed by atoms with Crippen molar-refractivity contribution in [3.05, 3.63) is 29.6 Å². The van der Waals surface area contributed by atoms with E-state index in [2.05, 4.69) is 0 Å². The zero-order chi connectivity index (χ0) is 9.68. The maximum Gasteiger partial charge on any atom is 0.129 e. The quantitative estimate of drug-likeness (QED) is 0.725. The summed E-state index contributed by atoms with van der Waals surface area (Å²) in [7, 11) is 0. The third-order valence-corrected chi connectivity index (χ3v) is 2.66. The zero-order valence-electron chi connectivity index (χ0n) is 7.03. The Morgan fingerprint density at radius 3 is 2.69 bits per heavy atom. The van der Waals surface area contributed by atoms with Gasteiger partial charge >= 0.3 is 0 Å². The van der Waals surface area contributed by atoms with Gasteiger partial charge in [-0.1, -0.05) is 6.07 Å². The molecular weight excluding hydrogens is 191 g/mol. The van der Waals surface area contributed by atoms with Crippen LogP contribution in [0.2, 0.25) is 0 Å². The summed E-state index contributed by atoms with van der Waals surface area (Å²) in [6.45, 7) is -0.257. The van der Waals surface area contributed by atoms with E-state index in [1.165, 1.54) is 17.8 Å². The van der Waals surface area contributed by atoms with Crippen molar-refractivity contribution in [2.24, 2.45) is 0 Å². The molecule has 0 aliphatic heterocycles. The van der Waals surface area contributed by atoms with Crippen LogP contribution in [0.4, 0.5) is 4.39 Å². The van der Waals surface area contributed by atoms with Crippen LogP contribution in [-0.4, -0.2) is 22.6 Å². The number of aliphatic hydroxyl groups is 2. The normalized spacial score (nSPS) is 10.4. The predicted molar refractivity (Wildman–Crippen MR) is 50.1 cm³/mol. The van der Waals surface area contributed by atoms with E-state index < -0.39 is 5.82 Å². The summed E-state index contributed by atoms with van der Waals surface area (Å²) in [4.78, 5) is 0.691. The molecule has 2 N–H and O–H groups in total. The van der Waals surface area contributed by atoms with E-state index in [-0.39, 0.29) is 13.2 Å². The average molecular weight is 202 g/mol. The first-order chi connectivity index (χ1) is 6.29. The van der Waals surface area contributed by atoms with E-state index in [0.717, 1.165) is 0 Å². The molecule has 1 rings (SSSR count). The molecule has 0 fully saturated rings. The van der Waals surface area contributed by atoms with Gasteiger partial charge in [-0.2, -0.15) is 0 Å². The first-order valence-electron chi connectivity index (χ1n) is 3.91. The van der Waals surface area contributed by atoms with Crippen molar-refractivity contribution < 1.29 is 14.6 Å². The fourth-order valence-corrected chi connectivity index (χ4v) is 1.81. The Morgan fingerprint density at radius 2 is 2.08 bits per heavy atom. The van der Waals surface area contributed by atoms with Crippen LogP contribution >= 0.6 is 11.8 Å². The minimum atomic E-state index is -0.398. The number of hydrogen-bond acceptors (Lipinski definition) is 3. The zero-order valence-corrected chi connectivity index (χ0v) is 7.85. The molecule has 0 bridgehead atoms. The minimum absolute atomic E-state index is 0.0477. The Hall–Kier alpha value is -0.580. The number of hydrogen-bond donors (Lipinski definition) is 2. The van der Waals surface area contributed by atoms with Crippen molar-refractivity contribution in [2.75, 3.05) is 12.4 Å². The van der Waals surface area contributed by atoms with Gasteiger partial charge in [-0.3, -0.25) is 0 Å². The lowest BCUT2D eigenvalue weighted by Crippen LogP contribution is -1.94. The molecule has 0 heterocycles. The van der Waals surface area contributed by atoms with Gasteiger partial charge in [-0.05, 0) is 12.1 Å². The number of benzene rings is 1. The molecule has 2 nitrogen and oxygen atoms in total. The van der Waals surface area contributed by atoms with Crippen molar-refractivity contribution in [3.8, 4) is 0 Å². The van der Waals surface area contributed by atoms with Crippen LogP contribution in [0.5, 0.6) is 0 Å². The largest absolute Gasteiger partial charge is 0.396 e. The van der Waals surface area contributed by atoms with E-state index in [1.54, 1.807) is 12.1 Å². The molecule has 0 spiro atoms. The average Bonchev–Trinajstić information content (AvgIpc) is 2.15. The van der Waals surface area contributed by atoms with Gasteiger partial charge in [0.25, 0.3) is 0 Å². The molecular formula is C9H11FO2S. The van der Waals surface area contributed by atoms with Crippen molar-refractivity contribution >= 4 is 11.8 Å². The van der Waals surface area contributed by atoms with Gasteiger partial charge in [0, 0.05) is 16.2 Å². The number of halogens is 1. The molecule has 1 aromatic rings. The minimum Gasteiger partial charge on any atom is -0.396 e. The monoisotopic (exact) mass is 202 g/mol. The molecule has 0 unspecified atom stereocenters. The van der Waals surface area contributed by atoms with Gasteiger partial charge < -0.3 is 10.2 Å². The van der Waals surface area contributed by atoms with Gasteiger partial charge in [0.2, 0.25) is 0 Å². The molecule has 13 heavy (non-hydrogen) atoms. The predicted octanol–water partition coefficient (Wildman–Crippen LogP) is 1.40. The van der Waals surface area contributed by atoms with Gasteiger partial charge in [0.15, 0.2) is 0 Å². The van der Waals surface area contributed by atoms with Crippen molar-refractivity contribution in [2.45, 2.75) is 11.5 Å². The lowest BCUT2D eigenvalue weighted by Gasteiger charge is -2.06. The van der Waals surface area contributed by atoms with Gasteiger partial charge in [0.1, 0.15) is 5.82 Å². The van der Waals surface area contributed by atoms with E-state index >= 15 is 0 Å². The highest BCUT2D eigenvalue weighted by Gasteiger charge is 2.06. The number of aliphatic hydroxyl groups excluding tert-OH is 2. The van der Waals surface area contributed by atoms with Crippen LogP contribution in [0.25, 0.3) is 0 Å². The molecule has 72 valence electrons. The smallest absolute Gasteiger partial charge is 0.129 e. The Labute approximate surface area is 80.4 Å². The Balaban J connectivity index is 2.85. The second-order valence-corrected chi connectivity index (χ2v) is 3.58. The van der Waals surface area contributed by atoms with Crippen molar-refractivity contribution in [1.82, 2.24) is 0 Å². The molecule has 0 aliphatic rings. The van der Waals surface area contributed by atoms with Crippen LogP contribution in [0.1, 0.15) is 5.56 Å². The molecule has 0 atom stereocenters. The van der Waals surface area contributed by atoms with E-state index in [9.17, 15) is 4.39 Å². The second kappa shape index (κ2) is 5.21. The first-order valence-corrected chi connectivity index (χ1v) is 4.90. The highest BCUT2D eigenvalue weighted by atomic mass is 32.2. The molecule has 0 radical (unpaired) electrons. The summed E-state index contributed by atoms with van der Waals surface area (Å²) in [5, 5.41) is 17.5. The lowest BCUT2D eigenvalue weighted by atomic mass is 10.2. The summed E-state index contributed by atoms with van der Waals surface area (Å²) >= 11 is 1.34. The van der Waals surface area contributed by atoms with Crippen LogP contribution in [0, 0.1) is 5.82 Å². The van der Waals surface area contributed by atoms with Gasteiger partial charge in [0.05, 0.1) is 13.2 Å². The van der Waals surface area contributed by atoms with Gasteiger partial charge in [-0.15, -0.1) is 11.8 Å². The fraction of sp³-hybridized carbons (Fsp3) is 0.333. The summed E-state index contributed by atoms with van der Waals surface area (Å²) in [5.41, 5.74) is 0.306. The highest BCUT2D eigenvalue weighted by molar-refractivity contribution is 7.99. The molecule has 0 saturated carbocycles. The van der Waals surface area contributed by atoms with Crippen LogP contribution in [0.3, 0.4) is 0 Å². The van der Waals surface area contributed by atoms with Crippen LogP contribution in [-0.2, 0) is 6.61 Å². The molecule has 4 heteroatoms. The summed E-state index contributed by atoms with van der Waals surface area (Å²) < 4.78 is 13.0. The summed E-state index contributed by atoms with van der Waals surface area (Å²) in [6.07, 6.45) is 0. The number of rotatable bonds is 4. The third kappa shape index (κ3) is 2.69. The molecule has 0 aliphatic carbocycles.